The predicted octanol–water partition coefficient (Wildman–Crippen LogP) is 3.76. The summed E-state index contributed by atoms with van der Waals surface area (Å²) in [5.74, 6) is 1.20. The lowest BCUT2D eigenvalue weighted by atomic mass is 9.68. The fraction of sp³-hybridized carbons (Fsp3) is 0.333. The zero-order valence-electron chi connectivity index (χ0n) is 12.2. The van der Waals surface area contributed by atoms with E-state index < -0.39 is 0 Å². The zero-order chi connectivity index (χ0) is 15.1. The maximum Gasteiger partial charge on any atom is 0.157 e. The lowest BCUT2D eigenvalue weighted by Gasteiger charge is -2.36. The Kier molecular flexibility index (Phi) is 3.28. The minimum Gasteiger partial charge on any atom is -0.508 e. The van der Waals surface area contributed by atoms with Crippen molar-refractivity contribution in [3.63, 3.8) is 0 Å². The van der Waals surface area contributed by atoms with Crippen molar-refractivity contribution in [2.75, 3.05) is 0 Å². The third-order valence-corrected chi connectivity index (χ3v) is 4.79. The minimum absolute atomic E-state index is 0.0556. The van der Waals surface area contributed by atoms with E-state index in [0.29, 0.717) is 11.8 Å². The van der Waals surface area contributed by atoms with Gasteiger partial charge in [-0.05, 0) is 59.2 Å². The molecule has 21 heavy (non-hydrogen) atoms. The smallest absolute Gasteiger partial charge is 0.157 e. The van der Waals surface area contributed by atoms with Crippen molar-refractivity contribution in [1.82, 2.24) is 0 Å². The fourth-order valence-electron chi connectivity index (χ4n) is 3.41. The van der Waals surface area contributed by atoms with Crippen molar-refractivity contribution < 1.29 is 15.3 Å². The summed E-state index contributed by atoms with van der Waals surface area (Å²) in [4.78, 5) is 0. The molecule has 3 N–H and O–H groups in total. The van der Waals surface area contributed by atoms with Crippen LogP contribution in [0.25, 0.3) is 0 Å². The second kappa shape index (κ2) is 4.99. The molecule has 0 spiro atoms. The van der Waals surface area contributed by atoms with Crippen molar-refractivity contribution in [1.29, 1.82) is 0 Å². The molecular weight excluding hydrogens is 264 g/mol. The standard InChI is InChI=1S/C18H20O3/c1-10-7-13-8-16(20)17(21)9-15(13)18(11(10)2)12-3-5-14(19)6-4-12/h3-6,8-11,18-21H,7H2,1-2H3/t10-,11+,18+/m0/s1. The van der Waals surface area contributed by atoms with Crippen molar-refractivity contribution in [2.45, 2.75) is 26.2 Å². The number of phenols is 3. The summed E-state index contributed by atoms with van der Waals surface area (Å²) >= 11 is 0. The molecule has 0 amide bonds. The molecule has 2 aromatic carbocycles. The highest BCUT2D eigenvalue weighted by Gasteiger charge is 2.33. The molecule has 1 aliphatic carbocycles. The Balaban J connectivity index is 2.15. The van der Waals surface area contributed by atoms with E-state index in [4.69, 9.17) is 0 Å². The molecule has 110 valence electrons. The largest absolute Gasteiger partial charge is 0.508 e. The maximum absolute atomic E-state index is 9.85. The van der Waals surface area contributed by atoms with Crippen molar-refractivity contribution in [3.8, 4) is 17.2 Å². The van der Waals surface area contributed by atoms with E-state index in [0.717, 1.165) is 23.1 Å². The molecule has 0 bridgehead atoms. The quantitative estimate of drug-likeness (QED) is 0.699. The zero-order valence-corrected chi connectivity index (χ0v) is 12.2. The van der Waals surface area contributed by atoms with Gasteiger partial charge in [-0.1, -0.05) is 26.0 Å². The monoisotopic (exact) mass is 284 g/mol. The van der Waals surface area contributed by atoms with E-state index in [2.05, 4.69) is 13.8 Å². The third-order valence-electron chi connectivity index (χ3n) is 4.79. The van der Waals surface area contributed by atoms with Gasteiger partial charge in [-0.2, -0.15) is 0 Å². The van der Waals surface area contributed by atoms with Gasteiger partial charge in [-0.15, -0.1) is 0 Å². The van der Waals surface area contributed by atoms with Crippen LogP contribution in [0.15, 0.2) is 36.4 Å². The average Bonchev–Trinajstić information content (AvgIpc) is 2.44. The highest BCUT2D eigenvalue weighted by Crippen LogP contribution is 2.46. The molecule has 3 rings (SSSR count). The van der Waals surface area contributed by atoms with Gasteiger partial charge in [0.25, 0.3) is 0 Å². The first kappa shape index (κ1) is 13.8. The molecule has 3 heteroatoms. The molecule has 0 unspecified atom stereocenters. The van der Waals surface area contributed by atoms with Crippen molar-refractivity contribution >= 4 is 0 Å². The number of hydrogen-bond donors (Lipinski definition) is 3. The number of rotatable bonds is 1. The van der Waals surface area contributed by atoms with Gasteiger partial charge in [-0.3, -0.25) is 0 Å². The van der Waals surface area contributed by atoms with Gasteiger partial charge < -0.3 is 15.3 Å². The molecular formula is C18H20O3. The van der Waals surface area contributed by atoms with Crippen LogP contribution in [0.2, 0.25) is 0 Å². The first-order valence-corrected chi connectivity index (χ1v) is 7.31. The molecule has 2 aromatic rings. The van der Waals surface area contributed by atoms with Gasteiger partial charge >= 0.3 is 0 Å². The number of fused-ring (bicyclic) bond motifs is 1. The van der Waals surface area contributed by atoms with E-state index in [1.165, 1.54) is 0 Å². The fourth-order valence-corrected chi connectivity index (χ4v) is 3.41. The molecule has 0 saturated carbocycles. The first-order chi connectivity index (χ1) is 9.97. The van der Waals surface area contributed by atoms with Crippen LogP contribution in [0.1, 0.15) is 36.5 Å². The molecule has 0 heterocycles. The first-order valence-electron chi connectivity index (χ1n) is 7.31. The van der Waals surface area contributed by atoms with Crippen molar-refractivity contribution in [3.05, 3.63) is 53.1 Å². The molecule has 0 radical (unpaired) electrons. The van der Waals surface area contributed by atoms with Crippen LogP contribution in [-0.2, 0) is 6.42 Å². The van der Waals surface area contributed by atoms with Crippen molar-refractivity contribution in [2.24, 2.45) is 11.8 Å². The number of aromatic hydroxyl groups is 3. The summed E-state index contributed by atoms with van der Waals surface area (Å²) in [5.41, 5.74) is 3.29. The molecule has 3 nitrogen and oxygen atoms in total. The van der Waals surface area contributed by atoms with E-state index in [-0.39, 0.29) is 23.2 Å². The number of benzene rings is 2. The molecule has 3 atom stereocenters. The molecule has 0 aliphatic heterocycles. The van der Waals surface area contributed by atoms with Crippen LogP contribution in [0.3, 0.4) is 0 Å². The maximum atomic E-state index is 9.85. The van der Waals surface area contributed by atoms with Crippen LogP contribution >= 0.6 is 0 Å². The molecule has 1 aliphatic rings. The second-order valence-electron chi connectivity index (χ2n) is 6.15. The number of hydrogen-bond acceptors (Lipinski definition) is 3. The lowest BCUT2D eigenvalue weighted by molar-refractivity contribution is 0.322. The highest BCUT2D eigenvalue weighted by atomic mass is 16.3. The minimum atomic E-state index is -0.0701. The Bertz CT molecular complexity index is 661. The molecule has 0 aromatic heterocycles. The third kappa shape index (κ3) is 2.33. The Morgan fingerprint density at radius 2 is 1.52 bits per heavy atom. The normalized spacial score (nSPS) is 24.6. The SMILES string of the molecule is C[C@H]1[C@H](c2ccc(O)cc2)c2cc(O)c(O)cc2C[C@@H]1C. The second-order valence-corrected chi connectivity index (χ2v) is 6.15. The van der Waals surface area contributed by atoms with Gasteiger partial charge in [0.15, 0.2) is 11.5 Å². The van der Waals surface area contributed by atoms with Gasteiger partial charge in [0.05, 0.1) is 0 Å². The Morgan fingerprint density at radius 3 is 2.19 bits per heavy atom. The van der Waals surface area contributed by atoms with Crippen LogP contribution in [0, 0.1) is 11.8 Å². The van der Waals surface area contributed by atoms with Gasteiger partial charge in [0, 0.05) is 5.92 Å². The van der Waals surface area contributed by atoms with E-state index in [9.17, 15) is 15.3 Å². The summed E-state index contributed by atoms with van der Waals surface area (Å²) < 4.78 is 0. The highest BCUT2D eigenvalue weighted by molar-refractivity contribution is 5.51. The topological polar surface area (TPSA) is 60.7 Å². The molecule has 0 saturated heterocycles. The van der Waals surface area contributed by atoms with Gasteiger partial charge in [0.2, 0.25) is 0 Å². The predicted molar refractivity (Wildman–Crippen MR) is 81.8 cm³/mol. The Morgan fingerprint density at radius 1 is 0.905 bits per heavy atom. The summed E-state index contributed by atoms with van der Waals surface area (Å²) in [5, 5.41) is 29.1. The van der Waals surface area contributed by atoms with Crippen LogP contribution in [0.4, 0.5) is 0 Å². The molecule has 0 fully saturated rings. The van der Waals surface area contributed by atoms with E-state index >= 15 is 0 Å². The Labute approximate surface area is 124 Å². The summed E-state index contributed by atoms with van der Waals surface area (Å²) in [6, 6.07) is 10.6. The van der Waals surface area contributed by atoms with Gasteiger partial charge in [-0.25, -0.2) is 0 Å². The van der Waals surface area contributed by atoms with Crippen LogP contribution in [0.5, 0.6) is 17.2 Å². The van der Waals surface area contributed by atoms with E-state index in [1.807, 2.05) is 12.1 Å². The number of phenolic OH excluding ortho intramolecular Hbond substituents is 3. The van der Waals surface area contributed by atoms with Crippen LogP contribution < -0.4 is 0 Å². The Hall–Kier alpha value is -2.16. The van der Waals surface area contributed by atoms with Crippen LogP contribution in [-0.4, -0.2) is 15.3 Å². The summed E-state index contributed by atoms with van der Waals surface area (Å²) in [6.07, 6.45) is 0.902. The van der Waals surface area contributed by atoms with Gasteiger partial charge in [0.1, 0.15) is 5.75 Å². The summed E-state index contributed by atoms with van der Waals surface area (Å²) in [6.45, 7) is 4.43. The average molecular weight is 284 g/mol. The van der Waals surface area contributed by atoms with E-state index in [1.54, 1.807) is 24.3 Å². The lowest BCUT2D eigenvalue weighted by Crippen LogP contribution is -2.26. The summed E-state index contributed by atoms with van der Waals surface area (Å²) in [7, 11) is 0.